The van der Waals surface area contributed by atoms with Crippen molar-refractivity contribution in [3.05, 3.63) is 29.3 Å². The van der Waals surface area contributed by atoms with Gasteiger partial charge in [-0.1, -0.05) is 6.07 Å². The number of anilines is 1. The number of rotatable bonds is 4. The van der Waals surface area contributed by atoms with E-state index in [0.29, 0.717) is 11.3 Å². The lowest BCUT2D eigenvalue weighted by atomic mass is 10.1. The van der Waals surface area contributed by atoms with Crippen LogP contribution in [0.1, 0.15) is 28.8 Å². The summed E-state index contributed by atoms with van der Waals surface area (Å²) in [7, 11) is 0. The zero-order chi connectivity index (χ0) is 13.3. The predicted molar refractivity (Wildman–Crippen MR) is 67.3 cm³/mol. The second kappa shape index (κ2) is 4.68. The van der Waals surface area contributed by atoms with Gasteiger partial charge in [0.1, 0.15) is 6.54 Å². The zero-order valence-electron chi connectivity index (χ0n) is 10.2. The average Bonchev–Trinajstić information content (AvgIpc) is 3.12. The third-order valence-electron chi connectivity index (χ3n) is 3.08. The van der Waals surface area contributed by atoms with Crippen molar-refractivity contribution in [3.63, 3.8) is 0 Å². The minimum Gasteiger partial charge on any atom is -0.480 e. The Hall–Kier alpha value is -2.04. The molecule has 1 fully saturated rings. The fourth-order valence-corrected chi connectivity index (χ4v) is 1.84. The molecule has 1 amide bonds. The monoisotopic (exact) mass is 248 g/mol. The highest BCUT2D eigenvalue weighted by atomic mass is 16.4. The number of carbonyl (C=O) groups excluding carboxylic acids is 1. The Bertz CT molecular complexity index is 495. The predicted octanol–water partition coefficient (Wildman–Crippen LogP) is 1.27. The molecule has 5 heteroatoms. The number of carbonyl (C=O) groups is 2. The maximum Gasteiger partial charge on any atom is 0.323 e. The number of hydrogen-bond acceptors (Lipinski definition) is 3. The SMILES string of the molecule is Cc1ccc(C(=O)N(CC(=O)O)C2CC2)cc1N. The van der Waals surface area contributed by atoms with Crippen LogP contribution in [0, 0.1) is 6.92 Å². The Morgan fingerprint density at radius 2 is 2.11 bits per heavy atom. The van der Waals surface area contributed by atoms with Gasteiger partial charge in [0, 0.05) is 17.3 Å². The van der Waals surface area contributed by atoms with E-state index in [1.54, 1.807) is 18.2 Å². The molecule has 0 spiro atoms. The molecule has 0 aromatic heterocycles. The largest absolute Gasteiger partial charge is 0.480 e. The fraction of sp³-hybridized carbons (Fsp3) is 0.385. The number of carboxylic acids is 1. The van der Waals surface area contributed by atoms with Gasteiger partial charge in [0.15, 0.2) is 0 Å². The van der Waals surface area contributed by atoms with Crippen molar-refractivity contribution in [1.29, 1.82) is 0 Å². The Morgan fingerprint density at radius 1 is 1.44 bits per heavy atom. The lowest BCUT2D eigenvalue weighted by Crippen LogP contribution is -2.37. The summed E-state index contributed by atoms with van der Waals surface area (Å²) in [6, 6.07) is 5.13. The number of nitrogens with two attached hydrogens (primary N) is 1. The van der Waals surface area contributed by atoms with E-state index in [9.17, 15) is 9.59 Å². The van der Waals surface area contributed by atoms with Crippen molar-refractivity contribution in [3.8, 4) is 0 Å². The highest BCUT2D eigenvalue weighted by Crippen LogP contribution is 2.28. The molecule has 0 aliphatic heterocycles. The summed E-state index contributed by atoms with van der Waals surface area (Å²) in [4.78, 5) is 24.4. The fourth-order valence-electron chi connectivity index (χ4n) is 1.84. The summed E-state index contributed by atoms with van der Waals surface area (Å²) in [5.74, 6) is -1.25. The molecule has 96 valence electrons. The van der Waals surface area contributed by atoms with Crippen molar-refractivity contribution in [2.24, 2.45) is 0 Å². The van der Waals surface area contributed by atoms with E-state index >= 15 is 0 Å². The first kappa shape index (κ1) is 12.4. The van der Waals surface area contributed by atoms with Crippen LogP contribution in [-0.4, -0.2) is 34.5 Å². The molecule has 1 aromatic rings. The Morgan fingerprint density at radius 3 is 2.61 bits per heavy atom. The quantitative estimate of drug-likeness (QED) is 0.786. The Labute approximate surface area is 105 Å². The van der Waals surface area contributed by atoms with Gasteiger partial charge in [-0.15, -0.1) is 0 Å². The van der Waals surface area contributed by atoms with Crippen molar-refractivity contribution in [2.75, 3.05) is 12.3 Å². The number of aliphatic carboxylic acids is 1. The van der Waals surface area contributed by atoms with Crippen LogP contribution in [-0.2, 0) is 4.79 Å². The number of hydrogen-bond donors (Lipinski definition) is 2. The summed E-state index contributed by atoms with van der Waals surface area (Å²) >= 11 is 0. The van der Waals surface area contributed by atoms with Crippen LogP contribution in [0.3, 0.4) is 0 Å². The number of carboxylic acid groups (broad SMARTS) is 1. The van der Waals surface area contributed by atoms with Gasteiger partial charge < -0.3 is 15.7 Å². The molecule has 0 radical (unpaired) electrons. The topological polar surface area (TPSA) is 83.6 Å². The summed E-state index contributed by atoms with van der Waals surface area (Å²) in [6.07, 6.45) is 1.75. The minimum atomic E-state index is -0.990. The van der Waals surface area contributed by atoms with Crippen LogP contribution in [0.2, 0.25) is 0 Å². The molecule has 0 heterocycles. The first-order valence-electron chi connectivity index (χ1n) is 5.88. The standard InChI is InChI=1S/C13H16N2O3/c1-8-2-3-9(6-11(8)14)13(18)15(7-12(16)17)10-4-5-10/h2-3,6,10H,4-5,7,14H2,1H3,(H,16,17). The summed E-state index contributed by atoms with van der Waals surface area (Å²) < 4.78 is 0. The van der Waals surface area contributed by atoms with Crippen molar-refractivity contribution in [2.45, 2.75) is 25.8 Å². The average molecular weight is 248 g/mol. The van der Waals surface area contributed by atoms with Gasteiger partial charge in [0.05, 0.1) is 0 Å². The molecule has 1 aromatic carbocycles. The van der Waals surface area contributed by atoms with Gasteiger partial charge in [0.25, 0.3) is 5.91 Å². The zero-order valence-corrected chi connectivity index (χ0v) is 10.2. The second-order valence-electron chi connectivity index (χ2n) is 4.63. The lowest BCUT2D eigenvalue weighted by molar-refractivity contribution is -0.137. The molecule has 0 atom stereocenters. The number of benzene rings is 1. The summed E-state index contributed by atoms with van der Waals surface area (Å²) in [6.45, 7) is 1.61. The number of amides is 1. The van der Waals surface area contributed by atoms with Gasteiger partial charge in [-0.05, 0) is 37.5 Å². The van der Waals surface area contributed by atoms with Gasteiger partial charge in [-0.25, -0.2) is 0 Å². The van der Waals surface area contributed by atoms with Crippen LogP contribution in [0.5, 0.6) is 0 Å². The Balaban J connectivity index is 2.21. The minimum absolute atomic E-state index is 0.0659. The summed E-state index contributed by atoms with van der Waals surface area (Å²) in [5.41, 5.74) is 7.67. The molecular weight excluding hydrogens is 232 g/mol. The normalized spacial score (nSPS) is 14.3. The molecule has 1 aliphatic carbocycles. The first-order valence-corrected chi connectivity index (χ1v) is 5.88. The van der Waals surface area contributed by atoms with Crippen LogP contribution in [0.25, 0.3) is 0 Å². The number of nitrogens with zero attached hydrogens (tertiary/aromatic N) is 1. The molecule has 0 bridgehead atoms. The van der Waals surface area contributed by atoms with E-state index < -0.39 is 5.97 Å². The number of aryl methyl sites for hydroxylation is 1. The molecule has 5 nitrogen and oxygen atoms in total. The lowest BCUT2D eigenvalue weighted by Gasteiger charge is -2.20. The molecule has 3 N–H and O–H groups in total. The number of nitrogen functional groups attached to an aromatic ring is 1. The molecular formula is C13H16N2O3. The van der Waals surface area contributed by atoms with Gasteiger partial charge in [0.2, 0.25) is 0 Å². The Kier molecular flexibility index (Phi) is 3.23. The third kappa shape index (κ3) is 2.61. The van der Waals surface area contributed by atoms with E-state index in [0.717, 1.165) is 18.4 Å². The van der Waals surface area contributed by atoms with E-state index in [-0.39, 0.29) is 18.5 Å². The van der Waals surface area contributed by atoms with Crippen LogP contribution in [0.4, 0.5) is 5.69 Å². The van der Waals surface area contributed by atoms with E-state index in [1.807, 2.05) is 6.92 Å². The molecule has 2 rings (SSSR count). The van der Waals surface area contributed by atoms with E-state index in [2.05, 4.69) is 0 Å². The van der Waals surface area contributed by atoms with Crippen LogP contribution < -0.4 is 5.73 Å². The highest BCUT2D eigenvalue weighted by molar-refractivity contribution is 5.97. The first-order chi connectivity index (χ1) is 8.49. The van der Waals surface area contributed by atoms with E-state index in [4.69, 9.17) is 10.8 Å². The van der Waals surface area contributed by atoms with Crippen molar-refractivity contribution >= 4 is 17.6 Å². The van der Waals surface area contributed by atoms with Crippen LogP contribution in [0.15, 0.2) is 18.2 Å². The second-order valence-corrected chi connectivity index (χ2v) is 4.63. The van der Waals surface area contributed by atoms with Gasteiger partial charge in [-0.3, -0.25) is 9.59 Å². The molecule has 1 saturated carbocycles. The smallest absolute Gasteiger partial charge is 0.323 e. The van der Waals surface area contributed by atoms with E-state index in [1.165, 1.54) is 4.90 Å². The third-order valence-corrected chi connectivity index (χ3v) is 3.08. The van der Waals surface area contributed by atoms with Crippen molar-refractivity contribution in [1.82, 2.24) is 4.90 Å². The maximum absolute atomic E-state index is 12.2. The molecule has 18 heavy (non-hydrogen) atoms. The van der Waals surface area contributed by atoms with Gasteiger partial charge in [-0.2, -0.15) is 0 Å². The van der Waals surface area contributed by atoms with Crippen LogP contribution >= 0.6 is 0 Å². The highest BCUT2D eigenvalue weighted by Gasteiger charge is 2.34. The molecule has 0 saturated heterocycles. The molecule has 0 unspecified atom stereocenters. The molecule has 1 aliphatic rings. The summed E-state index contributed by atoms with van der Waals surface area (Å²) in [5, 5.41) is 8.84. The van der Waals surface area contributed by atoms with Gasteiger partial charge >= 0.3 is 5.97 Å². The maximum atomic E-state index is 12.2. The van der Waals surface area contributed by atoms with Crippen molar-refractivity contribution < 1.29 is 14.7 Å².